The topological polar surface area (TPSA) is 62.5 Å². The molecule has 0 radical (unpaired) electrons. The summed E-state index contributed by atoms with van der Waals surface area (Å²) in [7, 11) is 0. The van der Waals surface area contributed by atoms with Gasteiger partial charge < -0.3 is 0 Å². The van der Waals surface area contributed by atoms with E-state index in [-0.39, 0.29) is 0 Å². The van der Waals surface area contributed by atoms with Gasteiger partial charge in [0, 0.05) is 22.3 Å². The summed E-state index contributed by atoms with van der Waals surface area (Å²) in [6.07, 6.45) is 0. The molecule has 0 N–H and O–H groups in total. The first-order valence-electron chi connectivity index (χ1n) is 15.8. The van der Waals surface area contributed by atoms with E-state index in [9.17, 15) is 5.26 Å². The highest BCUT2D eigenvalue weighted by atomic mass is 14.8. The first-order chi connectivity index (χ1) is 23.7. The van der Waals surface area contributed by atoms with Crippen LogP contribution in [0.15, 0.2) is 170 Å². The van der Waals surface area contributed by atoms with Gasteiger partial charge in [0.05, 0.1) is 45.4 Å². The van der Waals surface area contributed by atoms with Crippen molar-refractivity contribution in [3.8, 4) is 73.4 Å². The van der Waals surface area contributed by atoms with E-state index in [2.05, 4.69) is 103 Å². The predicted molar refractivity (Wildman–Crippen MR) is 195 cm³/mol. The fourth-order valence-electron chi connectivity index (χ4n) is 6.03. The summed E-state index contributed by atoms with van der Waals surface area (Å²) >= 11 is 0. The SMILES string of the molecule is N#Cc1cccc(-c2nc3ccccc3nc2-c2ccc(-c3ccc(-c4cc(-c5ccccc5)cc(-c5ccccc5)n4)cc3)cc2)c1. The Morgan fingerprint density at radius 1 is 0.333 bits per heavy atom. The van der Waals surface area contributed by atoms with Gasteiger partial charge in [-0.15, -0.1) is 0 Å². The zero-order valence-corrected chi connectivity index (χ0v) is 26.0. The lowest BCUT2D eigenvalue weighted by Gasteiger charge is -2.12. The van der Waals surface area contributed by atoms with E-state index in [0.29, 0.717) is 5.56 Å². The van der Waals surface area contributed by atoms with Gasteiger partial charge in [-0.25, -0.2) is 15.0 Å². The summed E-state index contributed by atoms with van der Waals surface area (Å²) in [4.78, 5) is 15.1. The normalized spacial score (nSPS) is 10.9. The van der Waals surface area contributed by atoms with Crippen LogP contribution in [0.2, 0.25) is 0 Å². The highest BCUT2D eigenvalue weighted by Crippen LogP contribution is 2.34. The summed E-state index contributed by atoms with van der Waals surface area (Å²) < 4.78 is 0. The van der Waals surface area contributed by atoms with Crippen LogP contribution in [-0.2, 0) is 0 Å². The lowest BCUT2D eigenvalue weighted by atomic mass is 9.97. The van der Waals surface area contributed by atoms with Crippen molar-refractivity contribution >= 4 is 11.0 Å². The average molecular weight is 613 g/mol. The van der Waals surface area contributed by atoms with Gasteiger partial charge in [0.25, 0.3) is 0 Å². The third-order valence-corrected chi connectivity index (χ3v) is 8.51. The van der Waals surface area contributed by atoms with E-state index in [0.717, 1.165) is 78.3 Å². The van der Waals surface area contributed by atoms with Crippen LogP contribution in [0.25, 0.3) is 78.3 Å². The van der Waals surface area contributed by atoms with Crippen molar-refractivity contribution in [3.05, 3.63) is 175 Å². The lowest BCUT2D eigenvalue weighted by molar-refractivity contribution is 1.29. The fraction of sp³-hybridized carbons (Fsp3) is 0. The third-order valence-electron chi connectivity index (χ3n) is 8.51. The molecule has 0 fully saturated rings. The number of hydrogen-bond donors (Lipinski definition) is 0. The van der Waals surface area contributed by atoms with Crippen LogP contribution in [0.5, 0.6) is 0 Å². The number of rotatable bonds is 6. The standard InChI is InChI=1S/C44H28N4/c45-29-30-10-9-15-37(26-30)44-43(47-39-16-7-8-17-40(39)48-44)36-24-20-33(21-25-36)32-18-22-35(23-19-32)42-28-38(31-11-3-1-4-12-31)27-41(46-42)34-13-5-2-6-14-34/h1-28H. The molecule has 8 rings (SSSR count). The molecule has 48 heavy (non-hydrogen) atoms. The van der Waals surface area contributed by atoms with Crippen molar-refractivity contribution in [3.63, 3.8) is 0 Å². The quantitative estimate of drug-likeness (QED) is 0.187. The predicted octanol–water partition coefficient (Wildman–Crippen LogP) is 10.9. The summed E-state index contributed by atoms with van der Waals surface area (Å²) in [5, 5.41) is 9.52. The zero-order valence-electron chi connectivity index (χ0n) is 26.0. The number of aromatic nitrogens is 3. The Morgan fingerprint density at radius 3 is 1.35 bits per heavy atom. The Morgan fingerprint density at radius 2 is 0.771 bits per heavy atom. The van der Waals surface area contributed by atoms with Crippen molar-refractivity contribution < 1.29 is 0 Å². The molecule has 0 amide bonds. The Labute approximate surface area is 279 Å². The molecule has 8 aromatic rings. The van der Waals surface area contributed by atoms with E-state index < -0.39 is 0 Å². The molecule has 0 aliphatic heterocycles. The number of hydrogen-bond acceptors (Lipinski definition) is 4. The van der Waals surface area contributed by atoms with Gasteiger partial charge in [-0.2, -0.15) is 5.26 Å². The number of para-hydroxylation sites is 2. The molecule has 0 unspecified atom stereocenters. The van der Waals surface area contributed by atoms with Gasteiger partial charge in [-0.05, 0) is 58.7 Å². The first kappa shape index (κ1) is 28.8. The minimum absolute atomic E-state index is 0.588. The van der Waals surface area contributed by atoms with Gasteiger partial charge in [-0.1, -0.05) is 133 Å². The van der Waals surface area contributed by atoms with Gasteiger partial charge in [0.1, 0.15) is 0 Å². The molecule has 0 aliphatic carbocycles. The Kier molecular flexibility index (Phi) is 7.54. The second-order valence-corrected chi connectivity index (χ2v) is 11.6. The maximum Gasteiger partial charge on any atom is 0.0991 e. The van der Waals surface area contributed by atoms with Crippen molar-refractivity contribution in [2.75, 3.05) is 0 Å². The average Bonchev–Trinajstić information content (AvgIpc) is 3.18. The second-order valence-electron chi connectivity index (χ2n) is 11.6. The number of nitrogens with zero attached hydrogens (tertiary/aromatic N) is 4. The summed E-state index contributed by atoms with van der Waals surface area (Å²) in [5.74, 6) is 0. The molecule has 4 nitrogen and oxygen atoms in total. The van der Waals surface area contributed by atoms with E-state index in [1.165, 1.54) is 0 Å². The largest absolute Gasteiger partial charge is 0.248 e. The Balaban J connectivity index is 1.14. The van der Waals surface area contributed by atoms with Crippen LogP contribution in [0, 0.1) is 11.3 Å². The number of benzene rings is 6. The van der Waals surface area contributed by atoms with E-state index in [4.69, 9.17) is 15.0 Å². The summed E-state index contributed by atoms with van der Waals surface area (Å²) in [6, 6.07) is 59.8. The minimum atomic E-state index is 0.588. The number of nitriles is 1. The van der Waals surface area contributed by atoms with Crippen molar-refractivity contribution in [1.29, 1.82) is 5.26 Å². The lowest BCUT2D eigenvalue weighted by Crippen LogP contribution is -1.96. The van der Waals surface area contributed by atoms with Gasteiger partial charge in [0.2, 0.25) is 0 Å². The van der Waals surface area contributed by atoms with Crippen molar-refractivity contribution in [2.24, 2.45) is 0 Å². The van der Waals surface area contributed by atoms with E-state index in [1.54, 1.807) is 6.07 Å². The van der Waals surface area contributed by atoms with Gasteiger partial charge in [0.15, 0.2) is 0 Å². The molecule has 0 spiro atoms. The monoisotopic (exact) mass is 612 g/mol. The summed E-state index contributed by atoms with van der Waals surface area (Å²) in [5.41, 5.74) is 14.1. The van der Waals surface area contributed by atoms with Crippen LogP contribution in [0.4, 0.5) is 0 Å². The molecule has 0 atom stereocenters. The van der Waals surface area contributed by atoms with Crippen LogP contribution in [0.3, 0.4) is 0 Å². The molecule has 2 aromatic heterocycles. The first-order valence-corrected chi connectivity index (χ1v) is 15.8. The highest BCUT2D eigenvalue weighted by Gasteiger charge is 2.15. The van der Waals surface area contributed by atoms with Crippen LogP contribution < -0.4 is 0 Å². The molecule has 0 bridgehead atoms. The summed E-state index contributed by atoms with van der Waals surface area (Å²) in [6.45, 7) is 0. The molecule has 224 valence electrons. The Bertz CT molecular complexity index is 2370. The van der Waals surface area contributed by atoms with Crippen LogP contribution in [-0.4, -0.2) is 15.0 Å². The van der Waals surface area contributed by atoms with Crippen molar-refractivity contribution in [1.82, 2.24) is 15.0 Å². The molecule has 2 heterocycles. The van der Waals surface area contributed by atoms with E-state index in [1.807, 2.05) is 66.7 Å². The molecular weight excluding hydrogens is 585 g/mol. The molecule has 4 heteroatoms. The van der Waals surface area contributed by atoms with Gasteiger partial charge in [-0.3, -0.25) is 0 Å². The number of pyridine rings is 1. The van der Waals surface area contributed by atoms with Gasteiger partial charge >= 0.3 is 0 Å². The van der Waals surface area contributed by atoms with Crippen LogP contribution in [0.1, 0.15) is 5.56 Å². The molecular formula is C44H28N4. The minimum Gasteiger partial charge on any atom is -0.248 e. The maximum absolute atomic E-state index is 9.52. The fourth-order valence-corrected chi connectivity index (χ4v) is 6.03. The highest BCUT2D eigenvalue weighted by molar-refractivity contribution is 5.87. The second kappa shape index (κ2) is 12.6. The Hall–Kier alpha value is -6.70. The maximum atomic E-state index is 9.52. The van der Waals surface area contributed by atoms with Crippen molar-refractivity contribution in [2.45, 2.75) is 0 Å². The molecule has 0 saturated carbocycles. The zero-order chi connectivity index (χ0) is 32.3. The third kappa shape index (κ3) is 5.73. The molecule has 6 aromatic carbocycles. The van der Waals surface area contributed by atoms with Crippen LogP contribution >= 0.6 is 0 Å². The molecule has 0 saturated heterocycles. The van der Waals surface area contributed by atoms with E-state index >= 15 is 0 Å². The smallest absolute Gasteiger partial charge is 0.0991 e. The molecule has 0 aliphatic rings. The number of fused-ring (bicyclic) bond motifs is 1.